The molecule has 0 amide bonds. The van der Waals surface area contributed by atoms with Crippen LogP contribution in [0.1, 0.15) is 0 Å². The zero-order valence-electron chi connectivity index (χ0n) is 7.88. The van der Waals surface area contributed by atoms with Crippen molar-refractivity contribution in [3.05, 3.63) is 39.7 Å². The molecule has 1 N–H and O–H groups in total. The Morgan fingerprint density at radius 2 is 2.40 bits per heavy atom. The molecule has 7 heteroatoms. The molecular weight excluding hydrogens is 234 g/mol. The van der Waals surface area contributed by atoms with Crippen LogP contribution in [0.3, 0.4) is 0 Å². The summed E-state index contributed by atoms with van der Waals surface area (Å²) in [6.07, 6.45) is 0. The number of nitrogens with zero attached hydrogens (tertiary/aromatic N) is 4. The third kappa shape index (κ3) is 3.63. The summed E-state index contributed by atoms with van der Waals surface area (Å²) in [5, 5.41) is 5.44. The van der Waals surface area contributed by atoms with Gasteiger partial charge in [0.25, 0.3) is 0 Å². The van der Waals surface area contributed by atoms with E-state index in [2.05, 4.69) is 15.5 Å². The van der Waals surface area contributed by atoms with E-state index in [9.17, 15) is 0 Å². The number of halogens is 1. The fourth-order valence-electron chi connectivity index (χ4n) is 0.905. The van der Waals surface area contributed by atoms with E-state index in [1.807, 2.05) is 6.07 Å². The van der Waals surface area contributed by atoms with E-state index in [0.29, 0.717) is 5.02 Å². The first kappa shape index (κ1) is 11.6. The first-order valence-corrected chi connectivity index (χ1v) is 4.77. The van der Waals surface area contributed by atoms with Gasteiger partial charge in [0.05, 0.1) is 5.69 Å². The number of anilines is 1. The highest BCUT2D eigenvalue weighted by Gasteiger charge is 2.01. The largest absolute Gasteiger partial charge is 0.298 e. The maximum Gasteiger partial charge on any atom is 0.184 e. The highest BCUT2D eigenvalue weighted by molar-refractivity contribution is 7.80. The molecule has 1 rings (SSSR count). The van der Waals surface area contributed by atoms with Gasteiger partial charge in [-0.2, -0.15) is 0 Å². The van der Waals surface area contributed by atoms with Crippen LogP contribution in [-0.2, 0) is 0 Å². The molecule has 1 aromatic rings. The maximum atomic E-state index is 8.19. The Labute approximate surface area is 97.2 Å². The van der Waals surface area contributed by atoms with Crippen molar-refractivity contribution in [1.29, 1.82) is 0 Å². The Balaban J connectivity index is 2.70. The summed E-state index contributed by atoms with van der Waals surface area (Å²) in [6, 6.07) is 7.12. The second-order valence-corrected chi connectivity index (χ2v) is 3.45. The van der Waals surface area contributed by atoms with Crippen molar-refractivity contribution in [3.8, 4) is 0 Å². The zero-order chi connectivity index (χ0) is 11.3. The summed E-state index contributed by atoms with van der Waals surface area (Å²) in [5.74, 6) is 0. The lowest BCUT2D eigenvalue weighted by atomic mass is 10.3. The van der Waals surface area contributed by atoms with Crippen LogP contribution < -0.4 is 5.43 Å². The fraction of sp³-hybridized carbons (Fsp3) is 0.125. The van der Waals surface area contributed by atoms with Crippen molar-refractivity contribution in [2.75, 3.05) is 12.5 Å². The summed E-state index contributed by atoms with van der Waals surface area (Å²) in [4.78, 5) is 2.59. The van der Waals surface area contributed by atoms with Gasteiger partial charge in [-0.3, -0.25) is 10.4 Å². The standard InChI is InChI=1S/C8H8ClN5S/c1-14(8(15)11-13-10)12-7-4-2-3-6(9)5-7/h2-5,12H,1H3. The molecule has 0 radical (unpaired) electrons. The molecule has 1 aromatic carbocycles. The quantitative estimate of drug-likeness (QED) is 0.284. The van der Waals surface area contributed by atoms with Crippen molar-refractivity contribution >= 4 is 34.6 Å². The molecule has 78 valence electrons. The lowest BCUT2D eigenvalue weighted by Crippen LogP contribution is -2.29. The molecule has 0 atom stereocenters. The van der Waals surface area contributed by atoms with Gasteiger partial charge in [0.2, 0.25) is 0 Å². The van der Waals surface area contributed by atoms with Crippen LogP contribution in [0.4, 0.5) is 5.69 Å². The fourth-order valence-corrected chi connectivity index (χ4v) is 1.18. The lowest BCUT2D eigenvalue weighted by molar-refractivity contribution is 0.613. The van der Waals surface area contributed by atoms with Gasteiger partial charge < -0.3 is 0 Å². The van der Waals surface area contributed by atoms with Gasteiger partial charge in [-0.15, -0.1) is 0 Å². The number of azide groups is 1. The van der Waals surface area contributed by atoms with Crippen LogP contribution >= 0.6 is 23.8 Å². The van der Waals surface area contributed by atoms with Gasteiger partial charge in [-0.1, -0.05) is 29.9 Å². The highest BCUT2D eigenvalue weighted by Crippen LogP contribution is 2.15. The van der Waals surface area contributed by atoms with Crippen molar-refractivity contribution in [2.24, 2.45) is 5.11 Å². The number of rotatable bonds is 2. The Hall–Kier alpha value is -1.49. The van der Waals surface area contributed by atoms with Gasteiger partial charge in [0.1, 0.15) is 0 Å². The molecule has 0 saturated heterocycles. The predicted octanol–water partition coefficient (Wildman–Crippen LogP) is 3.19. The van der Waals surface area contributed by atoms with Crippen LogP contribution in [-0.4, -0.2) is 17.2 Å². The predicted molar refractivity (Wildman–Crippen MR) is 64.6 cm³/mol. The molecule has 0 aliphatic rings. The van der Waals surface area contributed by atoms with Crippen LogP contribution in [0.25, 0.3) is 10.4 Å². The smallest absolute Gasteiger partial charge is 0.184 e. The van der Waals surface area contributed by atoms with E-state index in [1.54, 1.807) is 25.2 Å². The van der Waals surface area contributed by atoms with E-state index >= 15 is 0 Å². The minimum atomic E-state index is 0.109. The molecule has 5 nitrogen and oxygen atoms in total. The van der Waals surface area contributed by atoms with Gasteiger partial charge in [0.15, 0.2) is 5.11 Å². The van der Waals surface area contributed by atoms with E-state index in [-0.39, 0.29) is 5.11 Å². The summed E-state index contributed by atoms with van der Waals surface area (Å²) in [5.41, 5.74) is 11.9. The first-order valence-electron chi connectivity index (χ1n) is 3.98. The molecule has 0 aromatic heterocycles. The summed E-state index contributed by atoms with van der Waals surface area (Å²) in [7, 11) is 1.65. The Morgan fingerprint density at radius 1 is 1.67 bits per heavy atom. The Kier molecular flexibility index (Phi) is 4.17. The van der Waals surface area contributed by atoms with Gasteiger partial charge >= 0.3 is 0 Å². The number of thiocarbonyl (C=S) groups is 1. The van der Waals surface area contributed by atoms with Crippen molar-refractivity contribution in [3.63, 3.8) is 0 Å². The van der Waals surface area contributed by atoms with Crippen LogP contribution in [0.15, 0.2) is 29.4 Å². The van der Waals surface area contributed by atoms with E-state index in [4.69, 9.17) is 29.3 Å². The monoisotopic (exact) mass is 241 g/mol. The molecule has 0 aliphatic carbocycles. The molecule has 0 spiro atoms. The SMILES string of the molecule is CN(Nc1cccc(Cl)c1)C(=S)N=[N+]=[N-]. The molecular formula is C8H8ClN5S. The Bertz CT molecular complexity index is 415. The van der Waals surface area contributed by atoms with Gasteiger partial charge in [-0.25, -0.2) is 0 Å². The number of hydrogen-bond donors (Lipinski definition) is 1. The van der Waals surface area contributed by atoms with Crippen LogP contribution in [0.2, 0.25) is 5.02 Å². The molecule has 0 heterocycles. The summed E-state index contributed by atoms with van der Waals surface area (Å²) in [6.45, 7) is 0. The van der Waals surface area contributed by atoms with Crippen LogP contribution in [0, 0.1) is 0 Å². The highest BCUT2D eigenvalue weighted by atomic mass is 35.5. The van der Waals surface area contributed by atoms with Gasteiger partial charge in [-0.05, 0) is 28.8 Å². The van der Waals surface area contributed by atoms with Crippen molar-refractivity contribution in [1.82, 2.24) is 5.01 Å². The van der Waals surface area contributed by atoms with Crippen LogP contribution in [0.5, 0.6) is 0 Å². The molecule has 0 unspecified atom stereocenters. The van der Waals surface area contributed by atoms with E-state index in [1.165, 1.54) is 5.01 Å². The number of hydrazine groups is 1. The molecule has 0 saturated carbocycles. The first-order chi connectivity index (χ1) is 7.13. The average Bonchev–Trinajstić information content (AvgIpc) is 2.18. The molecule has 0 bridgehead atoms. The summed E-state index contributed by atoms with van der Waals surface area (Å²) >= 11 is 10.6. The average molecular weight is 242 g/mol. The second kappa shape index (κ2) is 5.41. The Morgan fingerprint density at radius 3 is 3.00 bits per heavy atom. The third-order valence-corrected chi connectivity index (χ3v) is 2.13. The van der Waals surface area contributed by atoms with Crippen molar-refractivity contribution in [2.45, 2.75) is 0 Å². The minimum Gasteiger partial charge on any atom is -0.298 e. The van der Waals surface area contributed by atoms with E-state index < -0.39 is 0 Å². The molecule has 0 aliphatic heterocycles. The third-order valence-electron chi connectivity index (χ3n) is 1.54. The topological polar surface area (TPSA) is 64.0 Å². The van der Waals surface area contributed by atoms with Gasteiger partial charge in [0, 0.05) is 17.0 Å². The maximum absolute atomic E-state index is 8.19. The molecule has 0 fully saturated rings. The molecule has 15 heavy (non-hydrogen) atoms. The van der Waals surface area contributed by atoms with Crippen molar-refractivity contribution < 1.29 is 0 Å². The summed E-state index contributed by atoms with van der Waals surface area (Å²) < 4.78 is 0. The zero-order valence-corrected chi connectivity index (χ0v) is 9.46. The minimum absolute atomic E-state index is 0.109. The number of hydrogen-bond acceptors (Lipinski definition) is 2. The number of benzene rings is 1. The second-order valence-electron chi connectivity index (χ2n) is 2.65. The van der Waals surface area contributed by atoms with E-state index in [0.717, 1.165) is 5.69 Å². The lowest BCUT2D eigenvalue weighted by Gasteiger charge is -2.19. The normalized spacial score (nSPS) is 8.93. The number of nitrogens with one attached hydrogen (secondary N) is 1.